The SMILES string of the molecule is Cc1nc2ccc(NC(=O)Nc3cccc4c(O)cccc34)cc2nc1C. The van der Waals surface area contributed by atoms with Gasteiger partial charge in [0.15, 0.2) is 0 Å². The van der Waals surface area contributed by atoms with Gasteiger partial charge in [-0.15, -0.1) is 0 Å². The van der Waals surface area contributed by atoms with E-state index in [9.17, 15) is 9.90 Å². The molecule has 0 atom stereocenters. The summed E-state index contributed by atoms with van der Waals surface area (Å²) in [4.78, 5) is 21.5. The average molecular weight is 358 g/mol. The number of hydrogen-bond donors (Lipinski definition) is 3. The Morgan fingerprint density at radius 3 is 2.37 bits per heavy atom. The van der Waals surface area contributed by atoms with Crippen molar-refractivity contribution in [2.75, 3.05) is 10.6 Å². The van der Waals surface area contributed by atoms with Gasteiger partial charge in [0.05, 0.1) is 28.1 Å². The van der Waals surface area contributed by atoms with Gasteiger partial charge in [0.25, 0.3) is 0 Å². The van der Waals surface area contributed by atoms with Crippen LogP contribution in [0.1, 0.15) is 11.4 Å². The van der Waals surface area contributed by atoms with E-state index in [2.05, 4.69) is 20.6 Å². The predicted octanol–water partition coefficient (Wildman–Crippen LogP) is 4.75. The predicted molar refractivity (Wildman–Crippen MR) is 107 cm³/mol. The Kier molecular flexibility index (Phi) is 4.08. The number of aryl methyl sites for hydroxylation is 2. The number of amides is 2. The van der Waals surface area contributed by atoms with E-state index in [-0.39, 0.29) is 11.8 Å². The van der Waals surface area contributed by atoms with Gasteiger partial charge >= 0.3 is 6.03 Å². The molecule has 1 aromatic heterocycles. The molecule has 4 aromatic rings. The number of nitrogens with one attached hydrogen (secondary N) is 2. The number of aromatic nitrogens is 2. The number of aromatic hydroxyl groups is 1. The van der Waals surface area contributed by atoms with E-state index in [1.807, 2.05) is 26.0 Å². The smallest absolute Gasteiger partial charge is 0.323 e. The summed E-state index contributed by atoms with van der Waals surface area (Å²) in [7, 11) is 0. The van der Waals surface area contributed by atoms with Gasteiger partial charge in [0, 0.05) is 16.5 Å². The largest absolute Gasteiger partial charge is 0.507 e. The minimum atomic E-state index is -0.373. The van der Waals surface area contributed by atoms with E-state index < -0.39 is 0 Å². The van der Waals surface area contributed by atoms with E-state index in [1.165, 1.54) is 0 Å². The molecule has 0 radical (unpaired) electrons. The molecule has 6 heteroatoms. The lowest BCUT2D eigenvalue weighted by molar-refractivity contribution is 0.262. The third kappa shape index (κ3) is 3.25. The van der Waals surface area contributed by atoms with Gasteiger partial charge in [-0.05, 0) is 44.2 Å². The second-order valence-corrected chi connectivity index (χ2v) is 6.35. The molecule has 0 saturated carbocycles. The first-order chi connectivity index (χ1) is 13.0. The molecule has 6 nitrogen and oxygen atoms in total. The molecular weight excluding hydrogens is 340 g/mol. The first-order valence-electron chi connectivity index (χ1n) is 8.55. The number of carbonyl (C=O) groups is 1. The van der Waals surface area contributed by atoms with Crippen LogP contribution in [0, 0.1) is 13.8 Å². The van der Waals surface area contributed by atoms with E-state index in [0.29, 0.717) is 16.8 Å². The summed E-state index contributed by atoms with van der Waals surface area (Å²) in [6.07, 6.45) is 0. The number of benzene rings is 3. The molecule has 0 aliphatic carbocycles. The lowest BCUT2D eigenvalue weighted by Gasteiger charge is -2.11. The van der Waals surface area contributed by atoms with E-state index in [4.69, 9.17) is 0 Å². The van der Waals surface area contributed by atoms with Crippen LogP contribution in [0.4, 0.5) is 16.2 Å². The molecule has 0 aliphatic rings. The van der Waals surface area contributed by atoms with Crippen LogP contribution in [-0.2, 0) is 0 Å². The summed E-state index contributed by atoms with van der Waals surface area (Å²) in [5.41, 5.74) is 4.51. The van der Waals surface area contributed by atoms with E-state index in [0.717, 1.165) is 27.8 Å². The summed E-state index contributed by atoms with van der Waals surface area (Å²) in [6, 6.07) is 15.6. The fraction of sp³-hybridized carbons (Fsp3) is 0.0952. The molecule has 4 rings (SSSR count). The average Bonchev–Trinajstić information content (AvgIpc) is 2.64. The highest BCUT2D eigenvalue weighted by molar-refractivity contribution is 6.07. The van der Waals surface area contributed by atoms with Crippen LogP contribution < -0.4 is 10.6 Å². The van der Waals surface area contributed by atoms with Gasteiger partial charge in [-0.3, -0.25) is 0 Å². The van der Waals surface area contributed by atoms with Crippen molar-refractivity contribution in [2.24, 2.45) is 0 Å². The van der Waals surface area contributed by atoms with Crippen LogP contribution in [0.25, 0.3) is 21.8 Å². The Balaban J connectivity index is 1.59. The molecular formula is C21H18N4O2. The molecule has 2 amide bonds. The Morgan fingerprint density at radius 1 is 0.852 bits per heavy atom. The highest BCUT2D eigenvalue weighted by Gasteiger charge is 2.09. The van der Waals surface area contributed by atoms with Crippen molar-refractivity contribution in [3.8, 4) is 5.75 Å². The Labute approximate surface area is 155 Å². The van der Waals surface area contributed by atoms with Crippen LogP contribution in [0.15, 0.2) is 54.6 Å². The number of anilines is 2. The van der Waals surface area contributed by atoms with Gasteiger partial charge in [-0.2, -0.15) is 0 Å². The number of carbonyl (C=O) groups excluding carboxylic acids is 1. The maximum absolute atomic E-state index is 12.4. The van der Waals surface area contributed by atoms with Gasteiger partial charge in [0.1, 0.15) is 5.75 Å². The van der Waals surface area contributed by atoms with Crippen LogP contribution in [0.3, 0.4) is 0 Å². The lowest BCUT2D eigenvalue weighted by atomic mass is 10.1. The quantitative estimate of drug-likeness (QED) is 0.482. The number of urea groups is 1. The second kappa shape index (κ2) is 6.57. The zero-order valence-electron chi connectivity index (χ0n) is 14.9. The van der Waals surface area contributed by atoms with Crippen molar-refractivity contribution in [3.63, 3.8) is 0 Å². The summed E-state index contributed by atoms with van der Waals surface area (Å²) in [6.45, 7) is 3.83. The monoisotopic (exact) mass is 358 g/mol. The first kappa shape index (κ1) is 16.8. The molecule has 0 spiro atoms. The van der Waals surface area contributed by atoms with E-state index in [1.54, 1.807) is 42.5 Å². The Bertz CT molecular complexity index is 1190. The third-order valence-corrected chi connectivity index (χ3v) is 4.48. The van der Waals surface area contributed by atoms with Crippen LogP contribution >= 0.6 is 0 Å². The van der Waals surface area contributed by atoms with E-state index >= 15 is 0 Å². The number of phenolic OH excluding ortho intramolecular Hbond substituents is 1. The Morgan fingerprint density at radius 2 is 1.56 bits per heavy atom. The number of hydrogen-bond acceptors (Lipinski definition) is 4. The summed E-state index contributed by atoms with van der Waals surface area (Å²) >= 11 is 0. The number of phenols is 1. The van der Waals surface area contributed by atoms with Crippen molar-refractivity contribution in [1.29, 1.82) is 0 Å². The highest BCUT2D eigenvalue weighted by atomic mass is 16.3. The molecule has 0 fully saturated rings. The lowest BCUT2D eigenvalue weighted by Crippen LogP contribution is -2.19. The van der Waals surface area contributed by atoms with Crippen molar-refractivity contribution >= 4 is 39.2 Å². The zero-order chi connectivity index (χ0) is 19.0. The standard InChI is InChI=1S/C21H18N4O2/c1-12-13(2)23-19-11-14(9-10-18(19)22-12)24-21(27)25-17-7-3-6-16-15(17)5-4-8-20(16)26/h3-11,26H,1-2H3,(H2,24,25,27). The summed E-state index contributed by atoms with van der Waals surface area (Å²) in [5.74, 6) is 0.176. The molecule has 3 N–H and O–H groups in total. The number of rotatable bonds is 2. The van der Waals surface area contributed by atoms with Crippen molar-refractivity contribution in [3.05, 3.63) is 66.0 Å². The van der Waals surface area contributed by atoms with Gasteiger partial charge in [0.2, 0.25) is 0 Å². The normalized spacial score (nSPS) is 10.9. The molecule has 27 heavy (non-hydrogen) atoms. The second-order valence-electron chi connectivity index (χ2n) is 6.35. The maximum Gasteiger partial charge on any atom is 0.323 e. The minimum absolute atomic E-state index is 0.176. The fourth-order valence-corrected chi connectivity index (χ4v) is 3.00. The summed E-state index contributed by atoms with van der Waals surface area (Å²) in [5, 5.41) is 17.1. The number of fused-ring (bicyclic) bond motifs is 2. The van der Waals surface area contributed by atoms with Crippen LogP contribution in [0.5, 0.6) is 5.75 Å². The summed E-state index contributed by atoms with van der Waals surface area (Å²) < 4.78 is 0. The van der Waals surface area contributed by atoms with Crippen LogP contribution in [-0.4, -0.2) is 21.1 Å². The molecule has 134 valence electrons. The fourth-order valence-electron chi connectivity index (χ4n) is 3.00. The van der Waals surface area contributed by atoms with Crippen molar-refractivity contribution in [2.45, 2.75) is 13.8 Å². The molecule has 0 aliphatic heterocycles. The minimum Gasteiger partial charge on any atom is -0.507 e. The first-order valence-corrected chi connectivity index (χ1v) is 8.55. The van der Waals surface area contributed by atoms with Crippen molar-refractivity contribution in [1.82, 2.24) is 9.97 Å². The highest BCUT2D eigenvalue weighted by Crippen LogP contribution is 2.30. The van der Waals surface area contributed by atoms with Gasteiger partial charge in [-0.25, -0.2) is 14.8 Å². The third-order valence-electron chi connectivity index (χ3n) is 4.48. The Hall–Kier alpha value is -3.67. The topological polar surface area (TPSA) is 87.1 Å². The zero-order valence-corrected chi connectivity index (χ0v) is 14.9. The molecule has 3 aromatic carbocycles. The molecule has 0 saturated heterocycles. The van der Waals surface area contributed by atoms with Crippen molar-refractivity contribution < 1.29 is 9.90 Å². The van der Waals surface area contributed by atoms with Gasteiger partial charge < -0.3 is 15.7 Å². The molecule has 1 heterocycles. The van der Waals surface area contributed by atoms with Gasteiger partial charge in [-0.1, -0.05) is 24.3 Å². The maximum atomic E-state index is 12.4. The number of nitrogens with zero attached hydrogens (tertiary/aromatic N) is 2. The molecule has 0 unspecified atom stereocenters. The molecule has 0 bridgehead atoms. The van der Waals surface area contributed by atoms with Crippen LogP contribution in [0.2, 0.25) is 0 Å².